The molecule has 0 saturated carbocycles. The molecule has 0 unspecified atom stereocenters. The zero-order valence-corrected chi connectivity index (χ0v) is 23.6. The van der Waals surface area contributed by atoms with E-state index in [0.717, 1.165) is 43.4 Å². The quantitative estimate of drug-likeness (QED) is 0.173. The maximum absolute atomic E-state index is 13.0. The number of methoxy groups -OCH3 is 1. The van der Waals surface area contributed by atoms with Gasteiger partial charge in [0.15, 0.2) is 0 Å². The third-order valence-corrected chi connectivity index (χ3v) is 8.10. The molecule has 0 atom stereocenters. The molecule has 0 aliphatic carbocycles. The van der Waals surface area contributed by atoms with Gasteiger partial charge in [-0.15, -0.1) is 11.8 Å². The fourth-order valence-electron chi connectivity index (χ4n) is 4.96. The Morgan fingerprint density at radius 1 is 0.615 bits per heavy atom. The van der Waals surface area contributed by atoms with Crippen molar-refractivity contribution in [3.8, 4) is 5.75 Å². The number of ether oxygens (including phenoxy) is 1. The van der Waals surface area contributed by atoms with Gasteiger partial charge >= 0.3 is 6.18 Å². The molecule has 0 aliphatic heterocycles. The normalized spacial score (nSPS) is 11.5. The molecule has 0 heterocycles. The van der Waals surface area contributed by atoms with E-state index in [0.29, 0.717) is 6.42 Å². The van der Waals surface area contributed by atoms with E-state index in [4.69, 9.17) is 4.74 Å². The maximum atomic E-state index is 13.0. The van der Waals surface area contributed by atoms with Gasteiger partial charge in [0.05, 0.1) is 12.7 Å². The molecule has 0 fully saturated rings. The second-order valence-corrected chi connectivity index (χ2v) is 10.8. The highest BCUT2D eigenvalue weighted by molar-refractivity contribution is 7.98. The van der Waals surface area contributed by atoms with Crippen LogP contribution in [0, 0.1) is 6.92 Å². The predicted octanol–water partition coefficient (Wildman–Crippen LogP) is 9.10. The van der Waals surface area contributed by atoms with Gasteiger partial charge in [0.1, 0.15) is 5.75 Å². The highest BCUT2D eigenvalue weighted by atomic mass is 32.2. The maximum Gasteiger partial charge on any atom is 0.416 e. The van der Waals surface area contributed by atoms with Crippen LogP contribution in [0.3, 0.4) is 0 Å². The van der Waals surface area contributed by atoms with Crippen molar-refractivity contribution in [2.75, 3.05) is 13.4 Å². The van der Waals surface area contributed by atoms with Gasteiger partial charge in [-0.05, 0) is 115 Å². The second kappa shape index (κ2) is 13.3. The topological polar surface area (TPSA) is 9.23 Å². The molecule has 0 radical (unpaired) electrons. The Hall–Kier alpha value is -3.18. The lowest BCUT2D eigenvalue weighted by molar-refractivity contribution is -0.137. The monoisotopic (exact) mass is 548 g/mol. The van der Waals surface area contributed by atoms with E-state index in [1.807, 2.05) is 12.1 Å². The van der Waals surface area contributed by atoms with Gasteiger partial charge in [-0.1, -0.05) is 60.2 Å². The van der Waals surface area contributed by atoms with Crippen LogP contribution in [0.15, 0.2) is 89.8 Å². The number of hydrogen-bond donors (Lipinski definition) is 0. The molecule has 0 bridgehead atoms. The zero-order chi connectivity index (χ0) is 27.8. The van der Waals surface area contributed by atoms with Crippen molar-refractivity contribution in [2.24, 2.45) is 0 Å². The van der Waals surface area contributed by atoms with E-state index < -0.39 is 11.7 Å². The van der Waals surface area contributed by atoms with E-state index >= 15 is 0 Å². The van der Waals surface area contributed by atoms with Gasteiger partial charge in [-0.3, -0.25) is 0 Å². The fraction of sp³-hybridized carbons (Fsp3) is 0.294. The lowest BCUT2D eigenvalue weighted by atomic mass is 9.89. The number of halogens is 3. The Labute approximate surface area is 234 Å². The molecule has 0 N–H and O–H groups in total. The zero-order valence-electron chi connectivity index (χ0n) is 22.8. The van der Waals surface area contributed by atoms with Crippen molar-refractivity contribution in [2.45, 2.75) is 56.5 Å². The van der Waals surface area contributed by atoms with Crippen molar-refractivity contribution >= 4 is 11.8 Å². The molecule has 0 saturated heterocycles. The van der Waals surface area contributed by atoms with Crippen molar-refractivity contribution in [1.29, 1.82) is 0 Å². The SMILES string of the molecule is COc1ccc(CCc2c(CCc3ccc(C(F)(F)F)cc3)ccc(SC)c2CCc2ccc(C)cc2)cc1. The first-order chi connectivity index (χ1) is 18.8. The summed E-state index contributed by atoms with van der Waals surface area (Å²) in [6.07, 6.45) is 3.03. The van der Waals surface area contributed by atoms with Crippen LogP contribution in [0.1, 0.15) is 44.5 Å². The minimum absolute atomic E-state index is 0.603. The number of hydrogen-bond acceptors (Lipinski definition) is 2. The van der Waals surface area contributed by atoms with E-state index in [1.165, 1.54) is 50.4 Å². The van der Waals surface area contributed by atoms with Crippen molar-refractivity contribution < 1.29 is 17.9 Å². The van der Waals surface area contributed by atoms with Crippen molar-refractivity contribution in [1.82, 2.24) is 0 Å². The molecule has 4 aromatic carbocycles. The third-order valence-electron chi connectivity index (χ3n) is 7.28. The lowest BCUT2D eigenvalue weighted by Crippen LogP contribution is -2.07. The van der Waals surface area contributed by atoms with Gasteiger partial charge in [-0.2, -0.15) is 13.2 Å². The summed E-state index contributed by atoms with van der Waals surface area (Å²) in [5.74, 6) is 0.846. The molecule has 5 heteroatoms. The van der Waals surface area contributed by atoms with Gasteiger partial charge in [0, 0.05) is 4.90 Å². The largest absolute Gasteiger partial charge is 0.497 e. The van der Waals surface area contributed by atoms with E-state index in [1.54, 1.807) is 31.0 Å². The van der Waals surface area contributed by atoms with E-state index in [9.17, 15) is 13.2 Å². The number of alkyl halides is 3. The smallest absolute Gasteiger partial charge is 0.416 e. The van der Waals surface area contributed by atoms with Crippen molar-refractivity contribution in [3.05, 3.63) is 129 Å². The molecule has 0 spiro atoms. The average Bonchev–Trinajstić information content (AvgIpc) is 2.94. The Morgan fingerprint density at radius 3 is 1.67 bits per heavy atom. The number of rotatable bonds is 11. The molecule has 0 amide bonds. The summed E-state index contributed by atoms with van der Waals surface area (Å²) >= 11 is 1.78. The standard InChI is InChI=1S/C34H35F3OS/c1-24-4-6-25(7-5-24)14-22-32-31(21-13-27-11-19-30(38-2)20-12-27)28(16-23-33(32)39-3)15-8-26-9-17-29(18-10-26)34(35,36)37/h4-7,9-12,16-20,23H,8,13-15,21-22H2,1-3H3. The summed E-state index contributed by atoms with van der Waals surface area (Å²) in [5, 5.41) is 0. The molecule has 0 aliphatic rings. The molecule has 1 nitrogen and oxygen atoms in total. The molecule has 204 valence electrons. The van der Waals surface area contributed by atoms with Gasteiger partial charge in [0.2, 0.25) is 0 Å². The van der Waals surface area contributed by atoms with Crippen LogP contribution < -0.4 is 4.74 Å². The fourth-order valence-corrected chi connectivity index (χ4v) is 5.63. The van der Waals surface area contributed by atoms with Crippen molar-refractivity contribution in [3.63, 3.8) is 0 Å². The number of aryl methyl sites for hydroxylation is 5. The van der Waals surface area contributed by atoms with Gasteiger partial charge < -0.3 is 4.74 Å². The molecule has 39 heavy (non-hydrogen) atoms. The summed E-state index contributed by atoms with van der Waals surface area (Å²) in [6, 6.07) is 27.0. The predicted molar refractivity (Wildman–Crippen MR) is 156 cm³/mol. The number of benzene rings is 4. The number of thioether (sulfide) groups is 1. The summed E-state index contributed by atoms with van der Waals surface area (Å²) in [7, 11) is 1.67. The Morgan fingerprint density at radius 2 is 1.13 bits per heavy atom. The molecular formula is C34H35F3OS. The van der Waals surface area contributed by atoms with Crippen LogP contribution in [0.25, 0.3) is 0 Å². The summed E-state index contributed by atoms with van der Waals surface area (Å²) in [4.78, 5) is 1.30. The van der Waals surface area contributed by atoms with Gasteiger partial charge in [0.25, 0.3) is 0 Å². The van der Waals surface area contributed by atoms with Gasteiger partial charge in [-0.25, -0.2) is 0 Å². The third kappa shape index (κ3) is 7.92. The lowest BCUT2D eigenvalue weighted by Gasteiger charge is -2.19. The van der Waals surface area contributed by atoms with E-state index in [2.05, 4.69) is 61.7 Å². The highest BCUT2D eigenvalue weighted by Crippen LogP contribution is 2.32. The van der Waals surface area contributed by atoms with Crippen LogP contribution in [-0.4, -0.2) is 13.4 Å². The molecule has 4 rings (SSSR count). The Kier molecular flexibility index (Phi) is 9.79. The average molecular weight is 549 g/mol. The summed E-state index contributed by atoms with van der Waals surface area (Å²) in [5.41, 5.74) is 8.19. The van der Waals surface area contributed by atoms with Crippen LogP contribution >= 0.6 is 11.8 Å². The minimum Gasteiger partial charge on any atom is -0.497 e. The van der Waals surface area contributed by atoms with Crippen LogP contribution in [0.2, 0.25) is 0 Å². The Balaban J connectivity index is 1.60. The summed E-state index contributed by atoms with van der Waals surface area (Å²) < 4.78 is 44.4. The summed E-state index contributed by atoms with van der Waals surface area (Å²) in [6.45, 7) is 2.10. The van der Waals surface area contributed by atoms with Crippen LogP contribution in [-0.2, 0) is 44.7 Å². The first-order valence-electron chi connectivity index (χ1n) is 13.3. The Bertz CT molecular complexity index is 1340. The highest BCUT2D eigenvalue weighted by Gasteiger charge is 2.29. The molecule has 0 aromatic heterocycles. The van der Waals surface area contributed by atoms with E-state index in [-0.39, 0.29) is 0 Å². The first-order valence-corrected chi connectivity index (χ1v) is 14.5. The first kappa shape index (κ1) is 28.8. The molecular weight excluding hydrogens is 513 g/mol. The van der Waals surface area contributed by atoms with Crippen LogP contribution in [0.5, 0.6) is 5.75 Å². The minimum atomic E-state index is -4.31. The molecule has 4 aromatic rings. The van der Waals surface area contributed by atoms with Crippen LogP contribution in [0.4, 0.5) is 13.2 Å². The second-order valence-electron chi connectivity index (χ2n) is 9.91.